The molecule has 10 nitrogen and oxygen atoms in total. The number of aromatic nitrogens is 1. The number of carbonyl (C=O) groups excluding carboxylic acids is 3. The summed E-state index contributed by atoms with van der Waals surface area (Å²) >= 11 is 1.01. The van der Waals surface area contributed by atoms with Crippen LogP contribution in [0, 0.1) is 12.8 Å². The molecular weight excluding hydrogens is 434 g/mol. The standard InChI is InChI=1S/C21H27N5O5S/c1-5-31-19(30)16-12(4)23-21(32-16)26-20(22)25-18(29)14-8-6-13(7-9-14)17(28)24-15(10-27)11(2)3/h6-9,11,15,27H,5,10H2,1-4H3,(H,24,28)(H3,22,23,25,26,29). The van der Waals surface area contributed by atoms with Gasteiger partial charge in [-0.2, -0.15) is 4.99 Å². The number of aryl methyl sites for hydroxylation is 1. The Morgan fingerprint density at radius 2 is 1.78 bits per heavy atom. The van der Waals surface area contributed by atoms with Crippen LogP contribution in [0.1, 0.15) is 56.9 Å². The lowest BCUT2D eigenvalue weighted by Crippen LogP contribution is -2.41. The summed E-state index contributed by atoms with van der Waals surface area (Å²) in [7, 11) is 0. The Morgan fingerprint density at radius 3 is 2.31 bits per heavy atom. The van der Waals surface area contributed by atoms with Crippen molar-refractivity contribution in [3.8, 4) is 0 Å². The molecule has 0 radical (unpaired) electrons. The maximum Gasteiger partial charge on any atom is 0.350 e. The van der Waals surface area contributed by atoms with E-state index in [1.807, 2.05) is 13.8 Å². The second-order valence-corrected chi connectivity index (χ2v) is 8.14. The van der Waals surface area contributed by atoms with Gasteiger partial charge in [-0.25, -0.2) is 9.78 Å². The van der Waals surface area contributed by atoms with Crippen molar-refractivity contribution in [2.24, 2.45) is 16.6 Å². The van der Waals surface area contributed by atoms with Crippen molar-refractivity contribution in [1.82, 2.24) is 15.6 Å². The number of aliphatic imine (C=N–C) groups is 1. The Hall–Kier alpha value is -3.31. The number of aliphatic hydroxyl groups is 1. The van der Waals surface area contributed by atoms with Crippen molar-refractivity contribution >= 4 is 40.2 Å². The highest BCUT2D eigenvalue weighted by Gasteiger charge is 2.18. The molecule has 172 valence electrons. The first-order valence-electron chi connectivity index (χ1n) is 9.98. The number of nitrogens with zero attached hydrogens (tertiary/aromatic N) is 2. The highest BCUT2D eigenvalue weighted by molar-refractivity contribution is 7.17. The van der Waals surface area contributed by atoms with Gasteiger partial charge in [0.1, 0.15) is 4.88 Å². The van der Waals surface area contributed by atoms with Crippen LogP contribution in [-0.2, 0) is 4.74 Å². The van der Waals surface area contributed by atoms with Crippen LogP contribution in [0.15, 0.2) is 29.3 Å². The number of thiazole rings is 1. The largest absolute Gasteiger partial charge is 0.462 e. The van der Waals surface area contributed by atoms with Crippen LogP contribution in [0.2, 0.25) is 0 Å². The number of aliphatic hydroxyl groups excluding tert-OH is 1. The number of ether oxygens (including phenoxy) is 1. The predicted octanol–water partition coefficient (Wildman–Crippen LogP) is 1.75. The molecule has 2 aromatic rings. The zero-order valence-electron chi connectivity index (χ0n) is 18.3. The lowest BCUT2D eigenvalue weighted by atomic mass is 10.0. The van der Waals surface area contributed by atoms with Gasteiger partial charge < -0.3 is 20.9 Å². The predicted molar refractivity (Wildman–Crippen MR) is 121 cm³/mol. The van der Waals surface area contributed by atoms with E-state index in [2.05, 4.69) is 20.6 Å². The Labute approximate surface area is 189 Å². The summed E-state index contributed by atoms with van der Waals surface area (Å²) < 4.78 is 4.96. The van der Waals surface area contributed by atoms with Crippen LogP contribution in [0.4, 0.5) is 5.13 Å². The van der Waals surface area contributed by atoms with Crippen molar-refractivity contribution in [3.63, 3.8) is 0 Å². The fourth-order valence-electron chi connectivity index (χ4n) is 2.58. The molecular formula is C21H27N5O5S. The van der Waals surface area contributed by atoms with Crippen molar-refractivity contribution in [1.29, 1.82) is 0 Å². The van der Waals surface area contributed by atoms with Crippen molar-refractivity contribution in [3.05, 3.63) is 46.0 Å². The van der Waals surface area contributed by atoms with Gasteiger partial charge in [0.05, 0.1) is 24.9 Å². The third-order valence-corrected chi connectivity index (χ3v) is 5.46. The zero-order valence-corrected chi connectivity index (χ0v) is 19.2. The number of carbonyl (C=O) groups is 3. The number of amides is 2. The van der Waals surface area contributed by atoms with Crippen LogP contribution < -0.4 is 16.4 Å². The molecule has 0 aliphatic heterocycles. The average Bonchev–Trinajstić information content (AvgIpc) is 3.11. The molecule has 0 bridgehead atoms. The van der Waals surface area contributed by atoms with Gasteiger partial charge in [-0.1, -0.05) is 25.2 Å². The average molecular weight is 462 g/mol. The third-order valence-electron chi connectivity index (χ3n) is 4.43. The van der Waals surface area contributed by atoms with Gasteiger partial charge in [-0.05, 0) is 44.0 Å². The minimum Gasteiger partial charge on any atom is -0.462 e. The summed E-state index contributed by atoms with van der Waals surface area (Å²) in [5, 5.41) is 14.7. The quantitative estimate of drug-likeness (QED) is 0.265. The fourth-order valence-corrected chi connectivity index (χ4v) is 3.43. The van der Waals surface area contributed by atoms with E-state index in [0.717, 1.165) is 11.3 Å². The maximum atomic E-state index is 12.4. The molecule has 0 spiro atoms. The van der Waals surface area contributed by atoms with Gasteiger partial charge in [0.2, 0.25) is 11.1 Å². The lowest BCUT2D eigenvalue weighted by Gasteiger charge is -2.19. The molecule has 5 N–H and O–H groups in total. The Balaban J connectivity index is 2.04. The Bertz CT molecular complexity index is 1000. The van der Waals surface area contributed by atoms with Gasteiger partial charge in [-0.3, -0.25) is 14.9 Å². The van der Waals surface area contributed by atoms with E-state index in [1.165, 1.54) is 24.3 Å². The molecule has 1 heterocycles. The minimum absolute atomic E-state index is 0.0752. The van der Waals surface area contributed by atoms with Crippen molar-refractivity contribution in [2.75, 3.05) is 13.2 Å². The molecule has 2 rings (SSSR count). The number of nitrogens with one attached hydrogen (secondary N) is 2. The molecule has 32 heavy (non-hydrogen) atoms. The van der Waals surface area contributed by atoms with Gasteiger partial charge in [0.25, 0.3) is 11.8 Å². The molecule has 2 amide bonds. The molecule has 1 aromatic carbocycles. The summed E-state index contributed by atoms with van der Waals surface area (Å²) in [6.45, 7) is 7.22. The van der Waals surface area contributed by atoms with E-state index < -0.39 is 11.9 Å². The van der Waals surface area contributed by atoms with Crippen LogP contribution >= 0.6 is 11.3 Å². The van der Waals surface area contributed by atoms with Crippen LogP contribution in [0.25, 0.3) is 0 Å². The van der Waals surface area contributed by atoms with Gasteiger partial charge in [-0.15, -0.1) is 0 Å². The molecule has 1 aromatic heterocycles. The number of benzene rings is 1. The monoisotopic (exact) mass is 461 g/mol. The fraction of sp³-hybridized carbons (Fsp3) is 0.381. The highest BCUT2D eigenvalue weighted by Crippen LogP contribution is 2.25. The van der Waals surface area contributed by atoms with E-state index in [0.29, 0.717) is 16.1 Å². The van der Waals surface area contributed by atoms with E-state index in [9.17, 15) is 19.5 Å². The zero-order chi connectivity index (χ0) is 23.8. The number of guanidine groups is 1. The van der Waals surface area contributed by atoms with E-state index in [-0.39, 0.29) is 47.7 Å². The molecule has 0 aliphatic carbocycles. The summed E-state index contributed by atoms with van der Waals surface area (Å²) in [5.74, 6) is -1.47. The maximum absolute atomic E-state index is 12.4. The molecule has 0 aliphatic rings. The first kappa shape index (κ1) is 25.0. The molecule has 1 unspecified atom stereocenters. The Morgan fingerprint density at radius 1 is 1.19 bits per heavy atom. The summed E-state index contributed by atoms with van der Waals surface area (Å²) in [5.41, 5.74) is 6.88. The second kappa shape index (κ2) is 11.3. The second-order valence-electron chi connectivity index (χ2n) is 7.17. The molecule has 11 heteroatoms. The molecule has 0 saturated carbocycles. The van der Waals surface area contributed by atoms with Crippen LogP contribution in [-0.4, -0.2) is 53.1 Å². The number of rotatable bonds is 8. The van der Waals surface area contributed by atoms with Crippen molar-refractivity contribution < 1.29 is 24.2 Å². The van der Waals surface area contributed by atoms with E-state index in [4.69, 9.17) is 10.5 Å². The Kier molecular flexibility index (Phi) is 8.85. The molecule has 0 saturated heterocycles. The smallest absolute Gasteiger partial charge is 0.350 e. The number of hydrogen-bond donors (Lipinski definition) is 4. The summed E-state index contributed by atoms with van der Waals surface area (Å²) in [6.07, 6.45) is 0. The van der Waals surface area contributed by atoms with Crippen LogP contribution in [0.5, 0.6) is 0 Å². The van der Waals surface area contributed by atoms with Gasteiger partial charge >= 0.3 is 5.97 Å². The van der Waals surface area contributed by atoms with Gasteiger partial charge in [0, 0.05) is 11.1 Å². The number of hydrogen-bond acceptors (Lipinski definition) is 8. The molecule has 0 fully saturated rings. The van der Waals surface area contributed by atoms with Crippen molar-refractivity contribution in [2.45, 2.75) is 33.7 Å². The normalized spacial score (nSPS) is 12.4. The summed E-state index contributed by atoms with van der Waals surface area (Å²) in [4.78, 5) is 45.1. The van der Waals surface area contributed by atoms with E-state index in [1.54, 1.807) is 13.8 Å². The first-order chi connectivity index (χ1) is 15.2. The van der Waals surface area contributed by atoms with Gasteiger partial charge in [0.15, 0.2) is 0 Å². The lowest BCUT2D eigenvalue weighted by molar-refractivity contribution is 0.0530. The highest BCUT2D eigenvalue weighted by atomic mass is 32.1. The topological polar surface area (TPSA) is 156 Å². The minimum atomic E-state index is -0.521. The molecule has 1 atom stereocenters. The SMILES string of the molecule is CCOC(=O)c1sc(/N=C(\N)NC(=O)c2ccc(C(=O)NC(CO)C(C)C)cc2)nc1C. The number of nitrogens with two attached hydrogens (primary N) is 1. The third kappa shape index (κ3) is 6.59. The van der Waals surface area contributed by atoms with E-state index >= 15 is 0 Å². The summed E-state index contributed by atoms with van der Waals surface area (Å²) in [6, 6.07) is 5.60. The number of esters is 1. The van der Waals surface area contributed by atoms with Crippen LogP contribution in [0.3, 0.4) is 0 Å². The first-order valence-corrected chi connectivity index (χ1v) is 10.8.